The van der Waals surface area contributed by atoms with E-state index in [1.54, 1.807) is 42.7 Å². The van der Waals surface area contributed by atoms with Crippen molar-refractivity contribution in [3.8, 4) is 0 Å². The summed E-state index contributed by atoms with van der Waals surface area (Å²) >= 11 is 0. The second-order valence-electron chi connectivity index (χ2n) is 4.31. The van der Waals surface area contributed by atoms with E-state index in [9.17, 15) is 9.59 Å². The Morgan fingerprint density at radius 2 is 1.80 bits per heavy atom. The molecule has 0 aliphatic heterocycles. The van der Waals surface area contributed by atoms with Gasteiger partial charge in [-0.3, -0.25) is 14.6 Å². The molecule has 0 radical (unpaired) electrons. The number of esters is 1. The predicted molar refractivity (Wildman–Crippen MR) is 74.0 cm³/mol. The number of aromatic nitrogens is 1. The minimum Gasteiger partial charge on any atom is -0.461 e. The Kier molecular flexibility index (Phi) is 5.00. The fourth-order valence-corrected chi connectivity index (χ4v) is 1.70. The van der Waals surface area contributed by atoms with Crippen LogP contribution in [0, 0.1) is 0 Å². The zero-order valence-corrected chi connectivity index (χ0v) is 11.0. The first-order chi connectivity index (χ1) is 9.75. The van der Waals surface area contributed by atoms with Crippen LogP contribution in [0.2, 0.25) is 0 Å². The van der Waals surface area contributed by atoms with Gasteiger partial charge in [0, 0.05) is 29.9 Å². The van der Waals surface area contributed by atoms with Gasteiger partial charge in [0.1, 0.15) is 6.61 Å². The van der Waals surface area contributed by atoms with Crippen molar-refractivity contribution in [2.45, 2.75) is 19.4 Å². The molecule has 0 fully saturated rings. The van der Waals surface area contributed by atoms with Crippen molar-refractivity contribution in [2.75, 3.05) is 0 Å². The second-order valence-corrected chi connectivity index (χ2v) is 4.31. The zero-order valence-electron chi connectivity index (χ0n) is 11.0. The van der Waals surface area contributed by atoms with Gasteiger partial charge in [-0.25, -0.2) is 0 Å². The van der Waals surface area contributed by atoms with E-state index in [0.29, 0.717) is 5.56 Å². The van der Waals surface area contributed by atoms with Crippen LogP contribution in [0.25, 0.3) is 0 Å². The highest BCUT2D eigenvalue weighted by Crippen LogP contribution is 2.07. The Bertz CT molecular complexity index is 567. The molecule has 2 rings (SSSR count). The number of pyridine rings is 1. The normalized spacial score (nSPS) is 10.0. The van der Waals surface area contributed by atoms with Gasteiger partial charge in [0.25, 0.3) is 0 Å². The molecule has 0 atom stereocenters. The summed E-state index contributed by atoms with van der Waals surface area (Å²) in [6, 6.07) is 12.5. The Morgan fingerprint density at radius 1 is 1.00 bits per heavy atom. The van der Waals surface area contributed by atoms with Crippen LogP contribution in [0.5, 0.6) is 0 Å². The number of nitrogens with zero attached hydrogens (tertiary/aromatic N) is 1. The Balaban J connectivity index is 1.74. The number of hydrogen-bond acceptors (Lipinski definition) is 4. The van der Waals surface area contributed by atoms with Gasteiger partial charge in [0.15, 0.2) is 5.78 Å². The SMILES string of the molecule is O=C(CCC(=O)c1ccccc1)OCc1cccnc1. The van der Waals surface area contributed by atoms with Crippen LogP contribution in [0.4, 0.5) is 0 Å². The third kappa shape index (κ3) is 4.31. The molecule has 0 aliphatic rings. The van der Waals surface area contributed by atoms with Crippen LogP contribution in [0.15, 0.2) is 54.9 Å². The number of Topliss-reactive ketones (excluding diaryl/α,β-unsaturated/α-hetero) is 1. The molecule has 0 saturated heterocycles. The predicted octanol–water partition coefficient (Wildman–Crippen LogP) is 2.79. The lowest BCUT2D eigenvalue weighted by Gasteiger charge is -2.04. The molecule has 4 nitrogen and oxygen atoms in total. The summed E-state index contributed by atoms with van der Waals surface area (Å²) in [7, 11) is 0. The third-order valence-electron chi connectivity index (χ3n) is 2.77. The van der Waals surface area contributed by atoms with E-state index >= 15 is 0 Å². The molecule has 1 aromatic carbocycles. The molecule has 0 aliphatic carbocycles. The fraction of sp³-hybridized carbons (Fsp3) is 0.188. The van der Waals surface area contributed by atoms with Gasteiger partial charge in [-0.1, -0.05) is 36.4 Å². The quantitative estimate of drug-likeness (QED) is 0.597. The van der Waals surface area contributed by atoms with Gasteiger partial charge < -0.3 is 4.74 Å². The standard InChI is InChI=1S/C16H15NO3/c18-15(14-6-2-1-3-7-14)8-9-16(19)20-12-13-5-4-10-17-11-13/h1-7,10-11H,8-9,12H2. The molecule has 4 heteroatoms. The number of ether oxygens (including phenoxy) is 1. The summed E-state index contributed by atoms with van der Waals surface area (Å²) in [6.45, 7) is 0.187. The highest BCUT2D eigenvalue weighted by atomic mass is 16.5. The largest absolute Gasteiger partial charge is 0.461 e. The van der Waals surface area contributed by atoms with Gasteiger partial charge in [-0.15, -0.1) is 0 Å². The van der Waals surface area contributed by atoms with Crippen LogP contribution >= 0.6 is 0 Å². The maximum atomic E-state index is 11.8. The molecule has 1 heterocycles. The molecule has 0 amide bonds. The summed E-state index contributed by atoms with van der Waals surface area (Å²) < 4.78 is 5.08. The van der Waals surface area contributed by atoms with Crippen molar-refractivity contribution in [1.29, 1.82) is 0 Å². The van der Waals surface area contributed by atoms with E-state index in [0.717, 1.165) is 5.56 Å². The molecule has 102 valence electrons. The first-order valence-electron chi connectivity index (χ1n) is 6.38. The lowest BCUT2D eigenvalue weighted by Crippen LogP contribution is -2.08. The molecular formula is C16H15NO3. The highest BCUT2D eigenvalue weighted by Gasteiger charge is 2.09. The van der Waals surface area contributed by atoms with Crippen LogP contribution in [-0.4, -0.2) is 16.7 Å². The Morgan fingerprint density at radius 3 is 2.50 bits per heavy atom. The van der Waals surface area contributed by atoms with Crippen molar-refractivity contribution < 1.29 is 14.3 Å². The van der Waals surface area contributed by atoms with E-state index in [1.807, 2.05) is 12.1 Å². The Hall–Kier alpha value is -2.49. The average Bonchev–Trinajstić information content (AvgIpc) is 2.52. The summed E-state index contributed by atoms with van der Waals surface area (Å²) in [5.41, 5.74) is 1.45. The number of carbonyl (C=O) groups is 2. The smallest absolute Gasteiger partial charge is 0.306 e. The van der Waals surface area contributed by atoms with Crippen molar-refractivity contribution >= 4 is 11.8 Å². The summed E-state index contributed by atoms with van der Waals surface area (Å²) in [6.07, 6.45) is 3.55. The zero-order chi connectivity index (χ0) is 14.2. The van der Waals surface area contributed by atoms with Gasteiger partial charge in [0.2, 0.25) is 0 Å². The van der Waals surface area contributed by atoms with Crippen LogP contribution in [0.3, 0.4) is 0 Å². The second kappa shape index (κ2) is 7.19. The van der Waals surface area contributed by atoms with Crippen molar-refractivity contribution in [2.24, 2.45) is 0 Å². The Labute approximate surface area is 117 Å². The number of benzene rings is 1. The van der Waals surface area contributed by atoms with Crippen LogP contribution in [-0.2, 0) is 16.1 Å². The molecule has 20 heavy (non-hydrogen) atoms. The van der Waals surface area contributed by atoms with E-state index < -0.39 is 0 Å². The van der Waals surface area contributed by atoms with Crippen molar-refractivity contribution in [1.82, 2.24) is 4.98 Å². The molecular weight excluding hydrogens is 254 g/mol. The first-order valence-corrected chi connectivity index (χ1v) is 6.38. The van der Waals surface area contributed by atoms with Crippen molar-refractivity contribution in [3.63, 3.8) is 0 Å². The summed E-state index contributed by atoms with van der Waals surface area (Å²) in [5.74, 6) is -0.429. The first kappa shape index (κ1) is 13.9. The van der Waals surface area contributed by atoms with Gasteiger partial charge >= 0.3 is 5.97 Å². The fourth-order valence-electron chi connectivity index (χ4n) is 1.70. The van der Waals surface area contributed by atoms with Crippen molar-refractivity contribution in [3.05, 3.63) is 66.0 Å². The number of ketones is 1. The maximum absolute atomic E-state index is 11.8. The topological polar surface area (TPSA) is 56.3 Å². The average molecular weight is 269 g/mol. The number of carbonyl (C=O) groups excluding carboxylic acids is 2. The van der Waals surface area contributed by atoms with E-state index in [-0.39, 0.29) is 31.2 Å². The molecule has 0 unspecified atom stereocenters. The summed E-state index contributed by atoms with van der Waals surface area (Å²) in [5, 5.41) is 0. The highest BCUT2D eigenvalue weighted by molar-refractivity contribution is 5.97. The van der Waals surface area contributed by atoms with E-state index in [4.69, 9.17) is 4.74 Å². The third-order valence-corrected chi connectivity index (χ3v) is 2.77. The number of hydrogen-bond donors (Lipinski definition) is 0. The summed E-state index contributed by atoms with van der Waals surface area (Å²) in [4.78, 5) is 27.3. The van der Waals surface area contributed by atoms with Gasteiger partial charge in [0.05, 0.1) is 6.42 Å². The van der Waals surface area contributed by atoms with Gasteiger partial charge in [-0.05, 0) is 6.07 Å². The molecule has 2 aromatic rings. The molecule has 0 spiro atoms. The van der Waals surface area contributed by atoms with Gasteiger partial charge in [-0.2, -0.15) is 0 Å². The molecule has 0 saturated carbocycles. The monoisotopic (exact) mass is 269 g/mol. The van der Waals surface area contributed by atoms with E-state index in [1.165, 1.54) is 0 Å². The lowest BCUT2D eigenvalue weighted by atomic mass is 10.1. The lowest BCUT2D eigenvalue weighted by molar-refractivity contribution is -0.144. The minimum absolute atomic E-state index is 0.0519. The number of rotatable bonds is 6. The molecule has 0 bridgehead atoms. The van der Waals surface area contributed by atoms with Crippen LogP contribution in [0.1, 0.15) is 28.8 Å². The van der Waals surface area contributed by atoms with E-state index in [2.05, 4.69) is 4.98 Å². The molecule has 1 aromatic heterocycles. The van der Waals surface area contributed by atoms with Crippen LogP contribution < -0.4 is 0 Å². The minimum atomic E-state index is -0.377. The maximum Gasteiger partial charge on any atom is 0.306 e. The molecule has 0 N–H and O–H groups in total.